The van der Waals surface area contributed by atoms with Gasteiger partial charge in [0.05, 0.1) is 11.1 Å². The maximum atomic E-state index is 15.3. The summed E-state index contributed by atoms with van der Waals surface area (Å²) in [7, 11) is 0. The first-order chi connectivity index (χ1) is 17.1. The van der Waals surface area contributed by atoms with Crippen molar-refractivity contribution in [2.75, 3.05) is 0 Å². The summed E-state index contributed by atoms with van der Waals surface area (Å²) < 4.78 is 96.2. The van der Waals surface area contributed by atoms with E-state index in [2.05, 4.69) is 6.92 Å². The maximum absolute atomic E-state index is 15.3. The maximum Gasteiger partial charge on any atom is 0.343 e. The highest BCUT2D eigenvalue weighted by Crippen LogP contribution is 2.59. The lowest BCUT2D eigenvalue weighted by Gasteiger charge is -2.36. The summed E-state index contributed by atoms with van der Waals surface area (Å²) in [5.41, 5.74) is -2.93. The molecule has 0 aromatic heterocycles. The van der Waals surface area contributed by atoms with Crippen LogP contribution < -0.4 is 4.74 Å². The Hall–Kier alpha value is -2.96. The summed E-state index contributed by atoms with van der Waals surface area (Å²) in [4.78, 5) is 0. The summed E-state index contributed by atoms with van der Waals surface area (Å²) in [5, 5.41) is 0. The van der Waals surface area contributed by atoms with Gasteiger partial charge in [-0.1, -0.05) is 69.5 Å². The number of hydrogen-bond acceptors (Lipinski definition) is 1. The van der Waals surface area contributed by atoms with Crippen LogP contribution in [0.2, 0.25) is 0 Å². The molecule has 0 N–H and O–H groups in total. The van der Waals surface area contributed by atoms with E-state index in [4.69, 9.17) is 4.74 Å². The average molecular weight is 507 g/mol. The zero-order valence-electron chi connectivity index (χ0n) is 20.2. The van der Waals surface area contributed by atoms with E-state index in [1.54, 1.807) is 19.1 Å². The molecule has 0 saturated heterocycles. The van der Waals surface area contributed by atoms with E-state index >= 15 is 22.0 Å². The molecule has 0 atom stereocenters. The molecule has 0 radical (unpaired) electrons. The smallest absolute Gasteiger partial charge is 0.343 e. The van der Waals surface area contributed by atoms with Gasteiger partial charge in [-0.2, -0.15) is 17.6 Å². The van der Waals surface area contributed by atoms with Crippen molar-refractivity contribution in [3.8, 4) is 16.9 Å². The van der Waals surface area contributed by atoms with Crippen LogP contribution in [-0.2, 0) is 31.3 Å². The van der Waals surface area contributed by atoms with Gasteiger partial charge in [0.2, 0.25) is 0 Å². The Morgan fingerprint density at radius 3 is 1.75 bits per heavy atom. The third-order valence-electron chi connectivity index (χ3n) is 6.66. The lowest BCUT2D eigenvalue weighted by Crippen LogP contribution is -2.41. The van der Waals surface area contributed by atoms with Crippen LogP contribution in [0.5, 0.6) is 5.75 Å². The predicted octanol–water partition coefficient (Wildman–Crippen LogP) is 9.09. The van der Waals surface area contributed by atoms with E-state index in [0.717, 1.165) is 37.3 Å². The zero-order valence-corrected chi connectivity index (χ0v) is 20.2. The van der Waals surface area contributed by atoms with Gasteiger partial charge in [0, 0.05) is 5.56 Å². The van der Waals surface area contributed by atoms with Crippen molar-refractivity contribution in [2.45, 2.75) is 70.8 Å². The number of benzene rings is 3. The normalized spacial score (nSPS) is 15.3. The number of fused-ring (bicyclic) bond motifs is 3. The second-order valence-electron chi connectivity index (χ2n) is 9.21. The molecular weight excluding hydrogens is 478 g/mol. The first kappa shape index (κ1) is 26.1. The molecule has 36 heavy (non-hydrogen) atoms. The van der Waals surface area contributed by atoms with Crippen LogP contribution in [0.15, 0.2) is 48.5 Å². The van der Waals surface area contributed by atoms with Crippen LogP contribution in [0.4, 0.5) is 26.3 Å². The molecule has 0 unspecified atom stereocenters. The number of hydrogen-bond donors (Lipinski definition) is 0. The van der Waals surface area contributed by atoms with Crippen molar-refractivity contribution < 1.29 is 31.1 Å². The van der Waals surface area contributed by atoms with Crippen molar-refractivity contribution in [3.63, 3.8) is 0 Å². The van der Waals surface area contributed by atoms with E-state index in [-0.39, 0.29) is 17.5 Å². The number of aryl methyl sites for hydroxylation is 2. The van der Waals surface area contributed by atoms with Crippen molar-refractivity contribution in [1.29, 1.82) is 0 Å². The quantitative estimate of drug-likeness (QED) is 0.208. The molecule has 3 aromatic rings. The number of unbranched alkanes of at least 4 members (excludes halogenated alkanes) is 2. The molecule has 1 aliphatic carbocycles. The summed E-state index contributed by atoms with van der Waals surface area (Å²) in [6.45, 7) is 3.42. The first-order valence-electron chi connectivity index (χ1n) is 12.2. The van der Waals surface area contributed by atoms with Crippen molar-refractivity contribution in [3.05, 3.63) is 88.0 Å². The van der Waals surface area contributed by atoms with Crippen LogP contribution in [0.3, 0.4) is 0 Å². The number of ether oxygens (including phenoxy) is 1. The molecule has 0 spiro atoms. The Kier molecular flexibility index (Phi) is 7.39. The van der Waals surface area contributed by atoms with Gasteiger partial charge in [-0.15, -0.1) is 0 Å². The fourth-order valence-electron chi connectivity index (χ4n) is 4.68. The molecule has 0 bridgehead atoms. The lowest BCUT2D eigenvalue weighted by molar-refractivity contribution is -0.227. The van der Waals surface area contributed by atoms with E-state index in [9.17, 15) is 4.39 Å². The predicted molar refractivity (Wildman–Crippen MR) is 128 cm³/mol. The van der Waals surface area contributed by atoms with E-state index in [1.165, 1.54) is 18.2 Å². The van der Waals surface area contributed by atoms with E-state index in [1.807, 2.05) is 12.1 Å². The van der Waals surface area contributed by atoms with Crippen molar-refractivity contribution in [2.24, 2.45) is 0 Å². The minimum Gasteiger partial charge on any atom is -0.489 e. The molecule has 1 aliphatic rings. The Balaban J connectivity index is 1.66. The second kappa shape index (κ2) is 10.2. The molecule has 0 amide bonds. The van der Waals surface area contributed by atoms with Crippen LogP contribution in [-0.4, -0.2) is 0 Å². The van der Waals surface area contributed by atoms with Crippen LogP contribution in [0, 0.1) is 11.6 Å². The molecule has 3 aromatic carbocycles. The summed E-state index contributed by atoms with van der Waals surface area (Å²) in [6.07, 6.45) is 4.78. The monoisotopic (exact) mass is 506 g/mol. The van der Waals surface area contributed by atoms with Gasteiger partial charge in [0.1, 0.15) is 24.0 Å². The molecule has 1 nitrogen and oxygen atoms in total. The van der Waals surface area contributed by atoms with Gasteiger partial charge in [-0.05, 0) is 53.6 Å². The largest absolute Gasteiger partial charge is 0.489 e. The standard InChI is InChI=1S/C29H28F6O/c1-3-5-6-8-18-9-13-21(14-10-18)36-17-20-12-16-23-22-15-11-19(7-4-2)26(30)24(22)28(32,33)29(34,35)25(23)27(20)31/h9-16H,3-8,17H2,1-2H3. The van der Waals surface area contributed by atoms with Crippen molar-refractivity contribution in [1.82, 2.24) is 0 Å². The Morgan fingerprint density at radius 2 is 1.19 bits per heavy atom. The van der Waals surface area contributed by atoms with Crippen molar-refractivity contribution >= 4 is 0 Å². The Labute approximate surface area is 207 Å². The fraction of sp³-hybridized carbons (Fsp3) is 0.379. The van der Waals surface area contributed by atoms with Gasteiger partial charge in [-0.3, -0.25) is 0 Å². The molecule has 4 rings (SSSR count). The highest BCUT2D eigenvalue weighted by atomic mass is 19.3. The molecule has 192 valence electrons. The average Bonchev–Trinajstić information content (AvgIpc) is 2.84. The van der Waals surface area contributed by atoms with Crippen LogP contribution in [0.25, 0.3) is 11.1 Å². The Morgan fingerprint density at radius 1 is 0.639 bits per heavy atom. The molecule has 0 aliphatic heterocycles. The van der Waals surface area contributed by atoms with Gasteiger partial charge >= 0.3 is 11.8 Å². The van der Waals surface area contributed by atoms with Crippen LogP contribution in [0.1, 0.15) is 67.3 Å². The number of halogens is 6. The Bertz CT molecular complexity index is 1230. The van der Waals surface area contributed by atoms with Gasteiger partial charge < -0.3 is 4.74 Å². The van der Waals surface area contributed by atoms with Gasteiger partial charge in [0.25, 0.3) is 0 Å². The highest BCUT2D eigenvalue weighted by Gasteiger charge is 2.65. The third-order valence-corrected chi connectivity index (χ3v) is 6.66. The minimum atomic E-state index is -4.94. The molecule has 0 fully saturated rings. The summed E-state index contributed by atoms with van der Waals surface area (Å²) in [6, 6.07) is 12.0. The number of rotatable bonds is 9. The molecular formula is C29H28F6O. The summed E-state index contributed by atoms with van der Waals surface area (Å²) >= 11 is 0. The van der Waals surface area contributed by atoms with Gasteiger partial charge in [0.15, 0.2) is 0 Å². The third kappa shape index (κ3) is 4.48. The van der Waals surface area contributed by atoms with E-state index < -0.39 is 52.3 Å². The summed E-state index contributed by atoms with van der Waals surface area (Å²) in [5.74, 6) is -12.3. The van der Waals surface area contributed by atoms with Crippen LogP contribution >= 0.6 is 0 Å². The number of alkyl halides is 4. The first-order valence-corrected chi connectivity index (χ1v) is 12.2. The van der Waals surface area contributed by atoms with Gasteiger partial charge in [-0.25, -0.2) is 8.78 Å². The molecule has 0 saturated carbocycles. The molecule has 0 heterocycles. The lowest BCUT2D eigenvalue weighted by atomic mass is 9.78. The minimum absolute atomic E-state index is 0.0722. The highest BCUT2D eigenvalue weighted by molar-refractivity contribution is 5.77. The molecule has 7 heteroatoms. The van der Waals surface area contributed by atoms with E-state index in [0.29, 0.717) is 12.2 Å². The SMILES string of the molecule is CCCCCc1ccc(OCc2ccc3c(c2F)C(F)(F)C(F)(F)c2c-3ccc(CCC)c2F)cc1. The zero-order chi connectivity index (χ0) is 26.1. The second-order valence-corrected chi connectivity index (χ2v) is 9.21. The topological polar surface area (TPSA) is 9.23 Å². The fourth-order valence-corrected chi connectivity index (χ4v) is 4.68.